The van der Waals surface area contributed by atoms with Crippen molar-refractivity contribution in [1.82, 2.24) is 14.5 Å². The molecule has 1 aliphatic rings. The molecule has 0 N–H and O–H groups in total. The van der Waals surface area contributed by atoms with E-state index in [1.54, 1.807) is 12.4 Å². The molecular formula is C35H23N3S. The van der Waals surface area contributed by atoms with Crippen LogP contribution in [0.15, 0.2) is 103 Å². The van der Waals surface area contributed by atoms with E-state index in [1.807, 2.05) is 11.3 Å². The number of hydrogen-bond donors (Lipinski definition) is 0. The van der Waals surface area contributed by atoms with Crippen molar-refractivity contribution in [2.24, 2.45) is 0 Å². The van der Waals surface area contributed by atoms with Crippen LogP contribution in [0.5, 0.6) is 0 Å². The number of rotatable bonds is 1. The summed E-state index contributed by atoms with van der Waals surface area (Å²) in [6.45, 7) is 4.72. The molecule has 9 rings (SSSR count). The molecular weight excluding hydrogens is 494 g/mol. The number of para-hydroxylation sites is 1. The largest absolute Gasteiger partial charge is 0.307 e. The van der Waals surface area contributed by atoms with Crippen molar-refractivity contribution < 1.29 is 0 Å². The zero-order valence-corrected chi connectivity index (χ0v) is 22.4. The number of benzene rings is 5. The molecule has 8 aromatic rings. The first-order valence-electron chi connectivity index (χ1n) is 13.3. The SMILES string of the molecule is CC1(C)c2cc3nccnc3cc2-c2ccc3c4ccccc4n(-c4cccc5c4sc4ccccc45)c3c21. The topological polar surface area (TPSA) is 30.7 Å². The summed E-state index contributed by atoms with van der Waals surface area (Å²) >= 11 is 1.89. The van der Waals surface area contributed by atoms with Crippen LogP contribution in [-0.4, -0.2) is 14.5 Å². The van der Waals surface area contributed by atoms with Crippen LogP contribution in [0.3, 0.4) is 0 Å². The summed E-state index contributed by atoms with van der Waals surface area (Å²) in [4.78, 5) is 9.27. The van der Waals surface area contributed by atoms with Crippen LogP contribution >= 0.6 is 11.3 Å². The van der Waals surface area contributed by atoms with Gasteiger partial charge in [-0.2, -0.15) is 0 Å². The van der Waals surface area contributed by atoms with Gasteiger partial charge >= 0.3 is 0 Å². The lowest BCUT2D eigenvalue weighted by Crippen LogP contribution is -2.16. The average Bonchev–Trinajstić information content (AvgIpc) is 3.58. The van der Waals surface area contributed by atoms with Gasteiger partial charge in [-0.05, 0) is 52.6 Å². The van der Waals surface area contributed by atoms with Crippen LogP contribution < -0.4 is 0 Å². The molecule has 1 aliphatic carbocycles. The summed E-state index contributed by atoms with van der Waals surface area (Å²) in [7, 11) is 0. The minimum absolute atomic E-state index is 0.198. The first kappa shape index (κ1) is 21.4. The maximum atomic E-state index is 4.64. The number of hydrogen-bond acceptors (Lipinski definition) is 3. The number of nitrogens with zero attached hydrogens (tertiary/aromatic N) is 3. The van der Waals surface area contributed by atoms with Crippen molar-refractivity contribution in [2.45, 2.75) is 19.3 Å². The average molecular weight is 518 g/mol. The smallest absolute Gasteiger partial charge is 0.0893 e. The number of aromatic nitrogens is 3. The highest BCUT2D eigenvalue weighted by Crippen LogP contribution is 2.54. The van der Waals surface area contributed by atoms with Gasteiger partial charge in [0.1, 0.15) is 0 Å². The van der Waals surface area contributed by atoms with E-state index >= 15 is 0 Å². The predicted octanol–water partition coefficient (Wildman–Crippen LogP) is 9.40. The lowest BCUT2D eigenvalue weighted by molar-refractivity contribution is 0.664. The Morgan fingerprint density at radius 2 is 1.41 bits per heavy atom. The van der Waals surface area contributed by atoms with Crippen molar-refractivity contribution in [1.29, 1.82) is 0 Å². The molecule has 3 aromatic heterocycles. The van der Waals surface area contributed by atoms with E-state index in [0.29, 0.717) is 0 Å². The maximum absolute atomic E-state index is 4.64. The van der Waals surface area contributed by atoms with Crippen LogP contribution in [-0.2, 0) is 5.41 Å². The molecule has 0 fully saturated rings. The summed E-state index contributed by atoms with van der Waals surface area (Å²) in [5.74, 6) is 0. The second-order valence-electron chi connectivity index (χ2n) is 11.1. The first-order chi connectivity index (χ1) is 19.1. The number of fused-ring (bicyclic) bond motifs is 11. The molecule has 0 unspecified atom stereocenters. The minimum Gasteiger partial charge on any atom is -0.307 e. The lowest BCUT2D eigenvalue weighted by atomic mass is 9.81. The van der Waals surface area contributed by atoms with E-state index in [0.717, 1.165) is 11.0 Å². The van der Waals surface area contributed by atoms with Crippen LogP contribution in [0, 0.1) is 0 Å². The molecule has 5 aromatic carbocycles. The fourth-order valence-electron chi connectivity index (χ4n) is 6.96. The van der Waals surface area contributed by atoms with Crippen LogP contribution in [0.4, 0.5) is 0 Å². The highest BCUT2D eigenvalue weighted by atomic mass is 32.1. The Hall–Kier alpha value is -4.54. The summed E-state index contributed by atoms with van der Waals surface area (Å²) in [5.41, 5.74) is 10.7. The maximum Gasteiger partial charge on any atom is 0.0893 e. The van der Waals surface area contributed by atoms with Gasteiger partial charge in [0, 0.05) is 44.1 Å². The molecule has 0 spiro atoms. The molecule has 39 heavy (non-hydrogen) atoms. The highest BCUT2D eigenvalue weighted by Gasteiger charge is 2.39. The summed E-state index contributed by atoms with van der Waals surface area (Å²) < 4.78 is 5.18. The van der Waals surface area contributed by atoms with Crippen molar-refractivity contribution >= 4 is 64.3 Å². The van der Waals surface area contributed by atoms with Gasteiger partial charge < -0.3 is 4.57 Å². The van der Waals surface area contributed by atoms with E-state index in [1.165, 1.54) is 69.9 Å². The molecule has 0 bridgehead atoms. The zero-order chi connectivity index (χ0) is 25.9. The van der Waals surface area contributed by atoms with Gasteiger partial charge in [0.2, 0.25) is 0 Å². The van der Waals surface area contributed by atoms with Gasteiger partial charge in [-0.25, -0.2) is 0 Å². The second-order valence-corrected chi connectivity index (χ2v) is 12.1. The van der Waals surface area contributed by atoms with Crippen LogP contribution in [0.1, 0.15) is 25.0 Å². The van der Waals surface area contributed by atoms with Crippen LogP contribution in [0.2, 0.25) is 0 Å². The predicted molar refractivity (Wildman–Crippen MR) is 164 cm³/mol. The fourth-order valence-corrected chi connectivity index (χ4v) is 8.17. The summed E-state index contributed by atoms with van der Waals surface area (Å²) in [6.07, 6.45) is 3.56. The minimum atomic E-state index is -0.198. The normalized spacial score (nSPS) is 14.1. The quantitative estimate of drug-likeness (QED) is 0.217. The van der Waals surface area contributed by atoms with Gasteiger partial charge in [0.15, 0.2) is 0 Å². The van der Waals surface area contributed by atoms with E-state index in [9.17, 15) is 0 Å². The molecule has 4 heteroatoms. The molecule has 0 saturated heterocycles. The Balaban J connectivity index is 1.47. The van der Waals surface area contributed by atoms with Crippen molar-refractivity contribution in [2.75, 3.05) is 0 Å². The molecule has 0 saturated carbocycles. The molecule has 0 amide bonds. The molecule has 3 nitrogen and oxygen atoms in total. The monoisotopic (exact) mass is 517 g/mol. The third kappa shape index (κ3) is 2.67. The Morgan fingerprint density at radius 1 is 0.667 bits per heavy atom. The van der Waals surface area contributed by atoms with Crippen molar-refractivity contribution in [3.8, 4) is 16.8 Å². The van der Waals surface area contributed by atoms with E-state index in [4.69, 9.17) is 0 Å². The first-order valence-corrected chi connectivity index (χ1v) is 14.2. The Bertz CT molecular complexity index is 2320. The van der Waals surface area contributed by atoms with Crippen molar-refractivity contribution in [3.05, 3.63) is 115 Å². The summed E-state index contributed by atoms with van der Waals surface area (Å²) in [6, 6.07) is 33.5. The number of thiophene rings is 1. The zero-order valence-electron chi connectivity index (χ0n) is 21.6. The van der Waals surface area contributed by atoms with Crippen molar-refractivity contribution in [3.63, 3.8) is 0 Å². The highest BCUT2D eigenvalue weighted by molar-refractivity contribution is 7.26. The van der Waals surface area contributed by atoms with Gasteiger partial charge in [0.05, 0.1) is 32.5 Å². The van der Waals surface area contributed by atoms with E-state index in [-0.39, 0.29) is 5.41 Å². The van der Waals surface area contributed by atoms with Crippen LogP contribution in [0.25, 0.3) is 69.8 Å². The molecule has 0 aliphatic heterocycles. The fraction of sp³-hybridized carbons (Fsp3) is 0.0857. The molecule has 184 valence electrons. The Labute approximate surface area is 229 Å². The van der Waals surface area contributed by atoms with Gasteiger partial charge in [-0.15, -0.1) is 11.3 Å². The third-order valence-corrected chi connectivity index (χ3v) is 9.87. The van der Waals surface area contributed by atoms with Gasteiger partial charge in [-0.3, -0.25) is 9.97 Å². The summed E-state index contributed by atoms with van der Waals surface area (Å²) in [5, 5.41) is 5.22. The van der Waals surface area contributed by atoms with E-state index < -0.39 is 0 Å². The molecule has 0 atom stereocenters. The Kier molecular flexibility index (Phi) is 4.01. The standard InChI is InChI=1S/C35H23N3S/c1-35(2)26-19-28-27(36-16-17-37-28)18-25(26)22-14-15-23-20-8-3-5-11-29(20)38(33(23)32(22)35)30-12-7-10-24-21-9-4-6-13-31(21)39-34(24)30/h3-19H,1-2H3. The third-order valence-electron chi connectivity index (χ3n) is 8.66. The van der Waals surface area contributed by atoms with Gasteiger partial charge in [-0.1, -0.05) is 74.5 Å². The van der Waals surface area contributed by atoms with Gasteiger partial charge in [0.25, 0.3) is 0 Å². The Morgan fingerprint density at radius 3 is 2.28 bits per heavy atom. The second kappa shape index (κ2) is 7.31. The molecule has 3 heterocycles. The molecule has 0 radical (unpaired) electrons. The van der Waals surface area contributed by atoms with E-state index in [2.05, 4.69) is 119 Å². The lowest BCUT2D eigenvalue weighted by Gasteiger charge is -2.24.